The third kappa shape index (κ3) is 6.22. The molecule has 28 heavy (non-hydrogen) atoms. The predicted octanol–water partition coefficient (Wildman–Crippen LogP) is 0.528. The van der Waals surface area contributed by atoms with E-state index in [2.05, 4.69) is 22.5 Å². The second kappa shape index (κ2) is 10.2. The summed E-state index contributed by atoms with van der Waals surface area (Å²) in [6, 6.07) is 6.49. The number of rotatable bonds is 10. The summed E-state index contributed by atoms with van der Waals surface area (Å²) in [6.45, 7) is 3.57. The lowest BCUT2D eigenvalue weighted by Crippen LogP contribution is -2.63. The first kappa shape index (κ1) is 21.1. The van der Waals surface area contributed by atoms with Crippen LogP contribution >= 0.6 is 0 Å². The smallest absolute Gasteiger partial charge is 0.326 e. The fourth-order valence-corrected chi connectivity index (χ4v) is 2.98. The second-order valence-electron chi connectivity index (χ2n) is 6.69. The van der Waals surface area contributed by atoms with Crippen molar-refractivity contribution in [2.24, 2.45) is 0 Å². The van der Waals surface area contributed by atoms with Crippen LogP contribution in [0.25, 0.3) is 0 Å². The number of aliphatic carboxylic acids is 1. The van der Waals surface area contributed by atoms with Gasteiger partial charge < -0.3 is 21.1 Å². The summed E-state index contributed by atoms with van der Waals surface area (Å²) in [6.07, 6.45) is 3.18. The molecule has 0 radical (unpaired) electrons. The van der Waals surface area contributed by atoms with Gasteiger partial charge in [0.25, 0.3) is 0 Å². The molecule has 0 spiro atoms. The van der Waals surface area contributed by atoms with Crippen molar-refractivity contribution in [3.05, 3.63) is 48.6 Å². The highest BCUT2D eigenvalue weighted by molar-refractivity contribution is 5.99. The Morgan fingerprint density at radius 3 is 2.43 bits per heavy atom. The van der Waals surface area contributed by atoms with Gasteiger partial charge in [-0.3, -0.25) is 14.4 Å². The molecule has 0 unspecified atom stereocenters. The number of benzene rings is 1. The SMILES string of the molecule is C=CCCC[C@H](NC(=O)C[C@@H]1NC(=O)[C@H](Cc2ccccc2)NC1=O)C(=O)O. The van der Waals surface area contributed by atoms with E-state index in [1.165, 1.54) is 0 Å². The zero-order chi connectivity index (χ0) is 20.5. The quantitative estimate of drug-likeness (QED) is 0.344. The van der Waals surface area contributed by atoms with E-state index < -0.39 is 35.9 Å². The van der Waals surface area contributed by atoms with Gasteiger partial charge in [0, 0.05) is 6.42 Å². The van der Waals surface area contributed by atoms with E-state index in [9.17, 15) is 24.3 Å². The number of carbonyl (C=O) groups excluding carboxylic acids is 3. The van der Waals surface area contributed by atoms with Crippen molar-refractivity contribution < 1.29 is 24.3 Å². The first-order valence-electron chi connectivity index (χ1n) is 9.18. The van der Waals surface area contributed by atoms with E-state index >= 15 is 0 Å². The maximum atomic E-state index is 12.3. The molecule has 8 nitrogen and oxygen atoms in total. The van der Waals surface area contributed by atoms with E-state index in [0.717, 1.165) is 5.56 Å². The van der Waals surface area contributed by atoms with Crippen LogP contribution in [0.2, 0.25) is 0 Å². The number of carboxylic acids is 1. The van der Waals surface area contributed by atoms with Gasteiger partial charge in [-0.1, -0.05) is 36.4 Å². The van der Waals surface area contributed by atoms with E-state index in [0.29, 0.717) is 19.3 Å². The van der Waals surface area contributed by atoms with Crippen LogP contribution < -0.4 is 16.0 Å². The zero-order valence-electron chi connectivity index (χ0n) is 15.5. The van der Waals surface area contributed by atoms with Crippen molar-refractivity contribution in [2.75, 3.05) is 0 Å². The van der Waals surface area contributed by atoms with Crippen molar-refractivity contribution in [3.8, 4) is 0 Å². The average molecular weight is 387 g/mol. The van der Waals surface area contributed by atoms with Crippen LogP contribution in [-0.4, -0.2) is 46.9 Å². The molecule has 1 aliphatic heterocycles. The summed E-state index contributed by atoms with van der Waals surface area (Å²) in [5.74, 6) is -2.58. The van der Waals surface area contributed by atoms with Gasteiger partial charge in [-0.2, -0.15) is 0 Å². The number of nitrogens with one attached hydrogen (secondary N) is 3. The zero-order valence-corrected chi connectivity index (χ0v) is 15.5. The van der Waals surface area contributed by atoms with Crippen LogP contribution in [-0.2, 0) is 25.6 Å². The summed E-state index contributed by atoms with van der Waals surface area (Å²) < 4.78 is 0. The standard InChI is InChI=1S/C20H25N3O5/c1-2-3-5-10-14(20(27)28)21-17(24)12-16-19(26)22-15(18(25)23-16)11-13-8-6-4-7-9-13/h2,4,6-9,14-16H,1,3,5,10-12H2,(H,21,24)(H,22,26)(H,23,25)(H,27,28)/t14-,15-,16-/m0/s1. The molecular weight excluding hydrogens is 362 g/mol. The van der Waals surface area contributed by atoms with Crippen molar-refractivity contribution in [1.29, 1.82) is 0 Å². The van der Waals surface area contributed by atoms with Crippen LogP contribution in [0.5, 0.6) is 0 Å². The Morgan fingerprint density at radius 1 is 1.14 bits per heavy atom. The minimum Gasteiger partial charge on any atom is -0.480 e. The molecule has 8 heteroatoms. The summed E-state index contributed by atoms with van der Waals surface area (Å²) in [7, 11) is 0. The molecule has 0 bridgehead atoms. The highest BCUT2D eigenvalue weighted by Crippen LogP contribution is 2.09. The minimum atomic E-state index is -1.14. The summed E-state index contributed by atoms with van der Waals surface area (Å²) in [5.41, 5.74) is 0.906. The van der Waals surface area contributed by atoms with Crippen LogP contribution in [0.4, 0.5) is 0 Å². The molecule has 3 atom stereocenters. The number of hydrogen-bond acceptors (Lipinski definition) is 4. The van der Waals surface area contributed by atoms with E-state index in [4.69, 9.17) is 0 Å². The van der Waals surface area contributed by atoms with Crippen LogP contribution in [0.3, 0.4) is 0 Å². The molecule has 0 aromatic heterocycles. The Balaban J connectivity index is 1.88. The largest absolute Gasteiger partial charge is 0.480 e. The van der Waals surface area contributed by atoms with Crippen LogP contribution in [0.1, 0.15) is 31.2 Å². The van der Waals surface area contributed by atoms with Gasteiger partial charge in [-0.25, -0.2) is 4.79 Å². The molecule has 1 heterocycles. The molecule has 1 aromatic rings. The van der Waals surface area contributed by atoms with Gasteiger partial charge in [0.05, 0.1) is 6.42 Å². The van der Waals surface area contributed by atoms with Gasteiger partial charge in [-0.15, -0.1) is 6.58 Å². The highest BCUT2D eigenvalue weighted by Gasteiger charge is 2.35. The average Bonchev–Trinajstić information content (AvgIpc) is 2.66. The third-order valence-electron chi connectivity index (χ3n) is 4.47. The monoisotopic (exact) mass is 387 g/mol. The molecule has 0 aliphatic carbocycles. The number of unbranched alkanes of at least 4 members (excludes halogenated alkanes) is 1. The fraction of sp³-hybridized carbons (Fsp3) is 0.400. The Kier molecular flexibility index (Phi) is 7.74. The van der Waals surface area contributed by atoms with Gasteiger partial charge >= 0.3 is 5.97 Å². The molecule has 1 saturated heterocycles. The summed E-state index contributed by atoms with van der Waals surface area (Å²) in [4.78, 5) is 48.0. The molecule has 4 N–H and O–H groups in total. The number of amides is 3. The lowest BCUT2D eigenvalue weighted by Gasteiger charge is -2.29. The van der Waals surface area contributed by atoms with Crippen molar-refractivity contribution >= 4 is 23.7 Å². The summed E-state index contributed by atoms with van der Waals surface area (Å²) in [5, 5.41) is 16.8. The van der Waals surface area contributed by atoms with Gasteiger partial charge in [0.15, 0.2) is 0 Å². The third-order valence-corrected chi connectivity index (χ3v) is 4.47. The maximum Gasteiger partial charge on any atom is 0.326 e. The van der Waals surface area contributed by atoms with E-state index in [1.54, 1.807) is 6.08 Å². The fourth-order valence-electron chi connectivity index (χ4n) is 2.98. The number of piperazine rings is 1. The van der Waals surface area contributed by atoms with E-state index in [-0.39, 0.29) is 18.7 Å². The maximum absolute atomic E-state index is 12.3. The van der Waals surface area contributed by atoms with Crippen molar-refractivity contribution in [3.63, 3.8) is 0 Å². The molecular formula is C20H25N3O5. The molecule has 0 saturated carbocycles. The molecule has 3 amide bonds. The summed E-state index contributed by atoms with van der Waals surface area (Å²) >= 11 is 0. The molecule has 1 fully saturated rings. The predicted molar refractivity (Wildman–Crippen MR) is 102 cm³/mol. The number of hydrogen-bond donors (Lipinski definition) is 4. The Bertz CT molecular complexity index is 735. The second-order valence-corrected chi connectivity index (χ2v) is 6.69. The minimum absolute atomic E-state index is 0.259. The lowest BCUT2D eigenvalue weighted by molar-refractivity contribution is -0.143. The van der Waals surface area contributed by atoms with Crippen molar-refractivity contribution in [1.82, 2.24) is 16.0 Å². The molecule has 1 aromatic carbocycles. The highest BCUT2D eigenvalue weighted by atomic mass is 16.4. The Morgan fingerprint density at radius 2 is 1.79 bits per heavy atom. The first-order chi connectivity index (χ1) is 13.4. The van der Waals surface area contributed by atoms with E-state index in [1.807, 2.05) is 30.3 Å². The Hall–Kier alpha value is -3.16. The first-order valence-corrected chi connectivity index (χ1v) is 9.18. The molecule has 1 aliphatic rings. The number of carbonyl (C=O) groups is 4. The lowest BCUT2D eigenvalue weighted by atomic mass is 10.0. The van der Waals surface area contributed by atoms with Crippen molar-refractivity contribution in [2.45, 2.75) is 50.2 Å². The number of allylic oxidation sites excluding steroid dienone is 1. The van der Waals surface area contributed by atoms with Crippen LogP contribution in [0.15, 0.2) is 43.0 Å². The van der Waals surface area contributed by atoms with Gasteiger partial charge in [0.1, 0.15) is 18.1 Å². The topological polar surface area (TPSA) is 125 Å². The number of carboxylic acid groups (broad SMARTS) is 1. The van der Waals surface area contributed by atoms with Gasteiger partial charge in [-0.05, 0) is 24.8 Å². The Labute approximate surface area is 163 Å². The van der Waals surface area contributed by atoms with Gasteiger partial charge in [0.2, 0.25) is 17.7 Å². The van der Waals surface area contributed by atoms with Crippen LogP contribution in [0, 0.1) is 0 Å². The molecule has 150 valence electrons. The normalized spacial score (nSPS) is 19.9. The molecule has 2 rings (SSSR count).